The van der Waals surface area contributed by atoms with E-state index in [0.29, 0.717) is 16.8 Å². The van der Waals surface area contributed by atoms with Gasteiger partial charge in [-0.15, -0.1) is 0 Å². The van der Waals surface area contributed by atoms with Crippen LogP contribution in [0.3, 0.4) is 0 Å². The van der Waals surface area contributed by atoms with Crippen molar-refractivity contribution in [3.05, 3.63) is 59.8 Å². The molecule has 0 aliphatic carbocycles. The topological polar surface area (TPSA) is 87.6 Å². The summed E-state index contributed by atoms with van der Waals surface area (Å²) in [5.41, 5.74) is 1.96. The summed E-state index contributed by atoms with van der Waals surface area (Å²) >= 11 is 0. The van der Waals surface area contributed by atoms with Gasteiger partial charge < -0.3 is 14.2 Å². The molecular weight excluding hydrogens is 348 g/mol. The average Bonchev–Trinajstić information content (AvgIpc) is 2.69. The molecule has 7 heteroatoms. The van der Waals surface area contributed by atoms with Crippen LogP contribution in [0.5, 0.6) is 11.6 Å². The van der Waals surface area contributed by atoms with Gasteiger partial charge >= 0.3 is 11.9 Å². The lowest BCUT2D eigenvalue weighted by molar-refractivity contribution is -0.139. The second-order valence-electron chi connectivity index (χ2n) is 5.59. The number of hydrogen-bond acceptors (Lipinski definition) is 7. The fraction of sp³-hybridized carbons (Fsp3) is 0.200. The molecule has 0 radical (unpaired) electrons. The molecule has 2 aromatic carbocycles. The number of ether oxygens (including phenoxy) is 3. The minimum absolute atomic E-state index is 0.00851. The standard InChI is InChI=1S/C20H18N2O5/c1-3-26-20(24)18-19(22-16-7-5-4-6-15(16)21-18)27-14-10-8-13(9-11-14)12-17(23)25-2/h4-11H,3,12H2,1-2H3. The zero-order valence-electron chi connectivity index (χ0n) is 15.0. The first kappa shape index (κ1) is 18.3. The van der Waals surface area contributed by atoms with Crippen LogP contribution in [-0.4, -0.2) is 35.6 Å². The predicted molar refractivity (Wildman–Crippen MR) is 97.7 cm³/mol. The first-order valence-electron chi connectivity index (χ1n) is 8.38. The van der Waals surface area contributed by atoms with Crippen molar-refractivity contribution in [1.82, 2.24) is 9.97 Å². The molecule has 7 nitrogen and oxygen atoms in total. The summed E-state index contributed by atoms with van der Waals surface area (Å²) in [6.45, 7) is 1.93. The van der Waals surface area contributed by atoms with Gasteiger partial charge in [-0.2, -0.15) is 0 Å². The molecule has 3 rings (SSSR count). The number of rotatable bonds is 6. The van der Waals surface area contributed by atoms with Gasteiger partial charge in [-0.05, 0) is 36.8 Å². The van der Waals surface area contributed by atoms with Crippen LogP contribution in [-0.2, 0) is 20.7 Å². The van der Waals surface area contributed by atoms with E-state index in [2.05, 4.69) is 14.7 Å². The van der Waals surface area contributed by atoms with E-state index in [1.54, 1.807) is 43.3 Å². The van der Waals surface area contributed by atoms with Crippen LogP contribution >= 0.6 is 0 Å². The van der Waals surface area contributed by atoms with Crippen LogP contribution in [0.1, 0.15) is 23.0 Å². The van der Waals surface area contributed by atoms with E-state index in [4.69, 9.17) is 9.47 Å². The predicted octanol–water partition coefficient (Wildman–Crippen LogP) is 3.31. The van der Waals surface area contributed by atoms with Gasteiger partial charge in [0.05, 0.1) is 31.2 Å². The van der Waals surface area contributed by atoms with E-state index in [9.17, 15) is 9.59 Å². The third-order valence-corrected chi connectivity index (χ3v) is 3.72. The molecule has 0 fully saturated rings. The number of esters is 2. The van der Waals surface area contributed by atoms with Gasteiger partial charge in [0.25, 0.3) is 5.88 Å². The summed E-state index contributed by atoms with van der Waals surface area (Å²) in [5.74, 6) is -0.409. The van der Waals surface area contributed by atoms with Crippen molar-refractivity contribution < 1.29 is 23.8 Å². The van der Waals surface area contributed by atoms with Crippen molar-refractivity contribution >= 4 is 23.0 Å². The number of carbonyl (C=O) groups is 2. The molecule has 0 aliphatic rings. The maximum absolute atomic E-state index is 12.3. The van der Waals surface area contributed by atoms with Gasteiger partial charge in [-0.25, -0.2) is 14.8 Å². The van der Waals surface area contributed by atoms with E-state index in [0.717, 1.165) is 5.56 Å². The van der Waals surface area contributed by atoms with Gasteiger partial charge in [0.1, 0.15) is 5.75 Å². The molecule has 1 heterocycles. The molecule has 138 valence electrons. The van der Waals surface area contributed by atoms with Crippen LogP contribution in [0.4, 0.5) is 0 Å². The molecule has 0 N–H and O–H groups in total. The maximum Gasteiger partial charge on any atom is 0.362 e. The Kier molecular flexibility index (Phi) is 5.61. The van der Waals surface area contributed by atoms with Crippen molar-refractivity contribution in [2.24, 2.45) is 0 Å². The average molecular weight is 366 g/mol. The van der Waals surface area contributed by atoms with Gasteiger partial charge in [0.2, 0.25) is 5.69 Å². The molecule has 27 heavy (non-hydrogen) atoms. The lowest BCUT2D eigenvalue weighted by Crippen LogP contribution is -2.10. The highest BCUT2D eigenvalue weighted by atomic mass is 16.5. The molecule has 0 spiro atoms. The minimum atomic E-state index is -0.604. The molecule has 0 unspecified atom stereocenters. The maximum atomic E-state index is 12.3. The number of nitrogens with zero attached hydrogens (tertiary/aromatic N) is 2. The molecule has 0 saturated heterocycles. The molecule has 1 aromatic heterocycles. The van der Waals surface area contributed by atoms with Crippen LogP contribution in [0, 0.1) is 0 Å². The van der Waals surface area contributed by atoms with Crippen molar-refractivity contribution in [3.63, 3.8) is 0 Å². The first-order chi connectivity index (χ1) is 13.1. The van der Waals surface area contributed by atoms with E-state index in [1.165, 1.54) is 7.11 Å². The third kappa shape index (κ3) is 4.38. The first-order valence-corrected chi connectivity index (χ1v) is 8.38. The van der Waals surface area contributed by atoms with E-state index >= 15 is 0 Å². The fourth-order valence-corrected chi connectivity index (χ4v) is 2.41. The summed E-state index contributed by atoms with van der Waals surface area (Å²) in [4.78, 5) is 32.3. The van der Waals surface area contributed by atoms with Gasteiger partial charge in [0.15, 0.2) is 0 Å². The smallest absolute Gasteiger partial charge is 0.362 e. The largest absolute Gasteiger partial charge is 0.469 e. The highest BCUT2D eigenvalue weighted by Crippen LogP contribution is 2.26. The number of fused-ring (bicyclic) bond motifs is 1. The Bertz CT molecular complexity index is 970. The lowest BCUT2D eigenvalue weighted by Gasteiger charge is -2.10. The summed E-state index contributed by atoms with van der Waals surface area (Å²) < 4.78 is 15.5. The number of carbonyl (C=O) groups excluding carboxylic acids is 2. The van der Waals surface area contributed by atoms with Gasteiger partial charge in [0, 0.05) is 0 Å². The zero-order chi connectivity index (χ0) is 19.2. The molecule has 0 atom stereocenters. The number of aromatic nitrogens is 2. The Morgan fingerprint density at radius 2 is 1.63 bits per heavy atom. The van der Waals surface area contributed by atoms with Crippen molar-refractivity contribution in [2.45, 2.75) is 13.3 Å². The third-order valence-electron chi connectivity index (χ3n) is 3.72. The number of methoxy groups -OCH3 is 1. The summed E-state index contributed by atoms with van der Waals surface area (Å²) in [6.07, 6.45) is 0.167. The summed E-state index contributed by atoms with van der Waals surface area (Å²) in [6, 6.07) is 14.0. The lowest BCUT2D eigenvalue weighted by atomic mass is 10.1. The highest BCUT2D eigenvalue weighted by Gasteiger charge is 2.19. The van der Waals surface area contributed by atoms with Crippen LogP contribution in [0.25, 0.3) is 11.0 Å². The van der Waals surface area contributed by atoms with Crippen LogP contribution in [0.2, 0.25) is 0 Å². The number of para-hydroxylation sites is 2. The van der Waals surface area contributed by atoms with Gasteiger partial charge in [-0.1, -0.05) is 24.3 Å². The number of hydrogen-bond donors (Lipinski definition) is 0. The second-order valence-corrected chi connectivity index (χ2v) is 5.59. The highest BCUT2D eigenvalue weighted by molar-refractivity contribution is 5.92. The van der Waals surface area contributed by atoms with Gasteiger partial charge in [-0.3, -0.25) is 4.79 Å². The van der Waals surface area contributed by atoms with Crippen molar-refractivity contribution in [3.8, 4) is 11.6 Å². The fourth-order valence-electron chi connectivity index (χ4n) is 2.41. The summed E-state index contributed by atoms with van der Waals surface area (Å²) in [7, 11) is 1.34. The van der Waals surface area contributed by atoms with E-state index < -0.39 is 5.97 Å². The molecule has 0 amide bonds. The Labute approximate surface area is 155 Å². The minimum Gasteiger partial charge on any atom is -0.469 e. The SMILES string of the molecule is CCOC(=O)c1nc2ccccc2nc1Oc1ccc(CC(=O)OC)cc1. The monoisotopic (exact) mass is 366 g/mol. The molecule has 0 bridgehead atoms. The van der Waals surface area contributed by atoms with Crippen LogP contribution in [0.15, 0.2) is 48.5 Å². The second kappa shape index (κ2) is 8.27. The number of benzene rings is 2. The van der Waals surface area contributed by atoms with Crippen molar-refractivity contribution in [2.75, 3.05) is 13.7 Å². The summed E-state index contributed by atoms with van der Waals surface area (Å²) in [5, 5.41) is 0. The zero-order valence-corrected chi connectivity index (χ0v) is 15.0. The molecule has 0 aliphatic heterocycles. The van der Waals surface area contributed by atoms with Crippen LogP contribution < -0.4 is 4.74 Å². The Balaban J connectivity index is 1.91. The molecule has 0 saturated carbocycles. The molecular formula is C20H18N2O5. The Morgan fingerprint density at radius 3 is 2.26 bits per heavy atom. The van der Waals surface area contributed by atoms with Crippen molar-refractivity contribution in [1.29, 1.82) is 0 Å². The molecule has 3 aromatic rings. The Hall–Kier alpha value is -3.48. The quantitative estimate of drug-likeness (QED) is 0.618. The normalized spacial score (nSPS) is 10.4. The van der Waals surface area contributed by atoms with E-state index in [-0.39, 0.29) is 30.6 Å². The Morgan fingerprint density at radius 1 is 0.963 bits per heavy atom. The van der Waals surface area contributed by atoms with E-state index in [1.807, 2.05) is 12.1 Å².